The molecule has 0 saturated carbocycles. The number of hydrogen-bond donors (Lipinski definition) is 3. The molecular weight excluding hydrogens is 368 g/mol. The van der Waals surface area contributed by atoms with Crippen LogP contribution < -0.4 is 15.8 Å². The molecular formula is C22H26N4O3. The minimum absolute atomic E-state index is 0.0168. The number of nitrogens with zero attached hydrogens (tertiary/aromatic N) is 1. The maximum atomic E-state index is 12.3. The van der Waals surface area contributed by atoms with E-state index in [2.05, 4.69) is 5.32 Å². The summed E-state index contributed by atoms with van der Waals surface area (Å²) in [5.74, 6) is 0.538. The van der Waals surface area contributed by atoms with Gasteiger partial charge in [0.1, 0.15) is 18.2 Å². The van der Waals surface area contributed by atoms with Crippen molar-refractivity contribution in [3.63, 3.8) is 0 Å². The maximum absolute atomic E-state index is 12.3. The van der Waals surface area contributed by atoms with Crippen LogP contribution in [0, 0.1) is 5.41 Å². The Morgan fingerprint density at radius 3 is 2.48 bits per heavy atom. The van der Waals surface area contributed by atoms with Gasteiger partial charge < -0.3 is 20.7 Å². The first-order valence-electron chi connectivity index (χ1n) is 9.75. The van der Waals surface area contributed by atoms with E-state index in [1.165, 1.54) is 0 Å². The van der Waals surface area contributed by atoms with E-state index >= 15 is 0 Å². The van der Waals surface area contributed by atoms with E-state index in [1.807, 2.05) is 17.0 Å². The fourth-order valence-corrected chi connectivity index (χ4v) is 3.23. The Labute approximate surface area is 170 Å². The number of ether oxygens (including phenoxy) is 1. The summed E-state index contributed by atoms with van der Waals surface area (Å²) >= 11 is 0. The van der Waals surface area contributed by atoms with Gasteiger partial charge in [-0.2, -0.15) is 0 Å². The number of carbonyl (C=O) groups excluding carboxylic acids is 2. The number of amidine groups is 1. The van der Waals surface area contributed by atoms with Crippen molar-refractivity contribution in [1.82, 2.24) is 10.2 Å². The van der Waals surface area contributed by atoms with E-state index in [0.717, 1.165) is 31.5 Å². The molecule has 0 bridgehead atoms. The molecule has 2 aromatic rings. The van der Waals surface area contributed by atoms with Crippen LogP contribution >= 0.6 is 0 Å². The summed E-state index contributed by atoms with van der Waals surface area (Å²) < 4.78 is 5.58. The first-order valence-corrected chi connectivity index (χ1v) is 9.75. The third kappa shape index (κ3) is 5.81. The Balaban J connectivity index is 1.41. The van der Waals surface area contributed by atoms with Gasteiger partial charge in [0, 0.05) is 24.2 Å². The summed E-state index contributed by atoms with van der Waals surface area (Å²) in [5.41, 5.74) is 7.57. The standard InChI is InChI=1S/C22H26N4O3/c23-21(24)18-4-3-5-19(15-18)29-13-10-25-20(27)14-16-6-8-17(9-7-16)22(28)26-11-1-2-12-26/h3-9,15H,1-2,10-14H2,(H3,23,24)(H,25,27). The number of benzene rings is 2. The zero-order valence-corrected chi connectivity index (χ0v) is 16.3. The largest absolute Gasteiger partial charge is 0.492 e. The lowest BCUT2D eigenvalue weighted by Gasteiger charge is -2.15. The van der Waals surface area contributed by atoms with Gasteiger partial charge in [-0.15, -0.1) is 0 Å². The normalized spacial score (nSPS) is 13.2. The van der Waals surface area contributed by atoms with Crippen LogP contribution in [0.15, 0.2) is 48.5 Å². The minimum atomic E-state index is -0.107. The summed E-state index contributed by atoms with van der Waals surface area (Å²) in [4.78, 5) is 26.3. The van der Waals surface area contributed by atoms with Gasteiger partial charge in [-0.3, -0.25) is 15.0 Å². The highest BCUT2D eigenvalue weighted by Crippen LogP contribution is 2.14. The van der Waals surface area contributed by atoms with E-state index in [0.29, 0.717) is 30.0 Å². The molecule has 152 valence electrons. The fourth-order valence-electron chi connectivity index (χ4n) is 3.23. The zero-order chi connectivity index (χ0) is 20.6. The molecule has 1 saturated heterocycles. The van der Waals surface area contributed by atoms with E-state index in [4.69, 9.17) is 15.9 Å². The molecule has 4 N–H and O–H groups in total. The molecule has 3 rings (SSSR count). The Kier molecular flexibility index (Phi) is 6.84. The van der Waals surface area contributed by atoms with Crippen molar-refractivity contribution in [1.29, 1.82) is 5.41 Å². The highest BCUT2D eigenvalue weighted by Gasteiger charge is 2.19. The van der Waals surface area contributed by atoms with Crippen molar-refractivity contribution in [2.45, 2.75) is 19.3 Å². The molecule has 0 aliphatic carbocycles. The molecule has 29 heavy (non-hydrogen) atoms. The molecule has 0 aromatic heterocycles. The molecule has 7 nitrogen and oxygen atoms in total. The van der Waals surface area contributed by atoms with Gasteiger partial charge >= 0.3 is 0 Å². The van der Waals surface area contributed by atoms with Crippen molar-refractivity contribution >= 4 is 17.6 Å². The van der Waals surface area contributed by atoms with Gasteiger partial charge in [0.05, 0.1) is 13.0 Å². The summed E-state index contributed by atoms with van der Waals surface area (Å²) in [6.07, 6.45) is 2.38. The van der Waals surface area contributed by atoms with E-state index in [-0.39, 0.29) is 24.1 Å². The van der Waals surface area contributed by atoms with Gasteiger partial charge in [-0.05, 0) is 42.7 Å². The van der Waals surface area contributed by atoms with Gasteiger partial charge in [0.25, 0.3) is 5.91 Å². The van der Waals surface area contributed by atoms with Crippen molar-refractivity contribution in [3.8, 4) is 5.75 Å². The molecule has 2 aromatic carbocycles. The van der Waals surface area contributed by atoms with E-state index in [9.17, 15) is 9.59 Å². The van der Waals surface area contributed by atoms with Crippen LogP contribution in [0.25, 0.3) is 0 Å². The Bertz CT molecular complexity index is 874. The average molecular weight is 394 g/mol. The number of rotatable bonds is 8. The minimum Gasteiger partial charge on any atom is -0.492 e. The SMILES string of the molecule is N=C(N)c1cccc(OCCNC(=O)Cc2ccc(C(=O)N3CCCC3)cc2)c1. The molecule has 0 unspecified atom stereocenters. The molecule has 7 heteroatoms. The van der Waals surface area contributed by atoms with Crippen LogP contribution in [0.4, 0.5) is 0 Å². The van der Waals surface area contributed by atoms with Crippen LogP contribution in [0.3, 0.4) is 0 Å². The van der Waals surface area contributed by atoms with Gasteiger partial charge in [0.2, 0.25) is 5.91 Å². The highest BCUT2D eigenvalue weighted by molar-refractivity contribution is 5.95. The number of likely N-dealkylation sites (tertiary alicyclic amines) is 1. The molecule has 0 radical (unpaired) electrons. The Morgan fingerprint density at radius 1 is 1.07 bits per heavy atom. The van der Waals surface area contributed by atoms with Crippen LogP contribution in [0.5, 0.6) is 5.75 Å². The highest BCUT2D eigenvalue weighted by atomic mass is 16.5. The fraction of sp³-hybridized carbons (Fsp3) is 0.318. The number of nitrogen functional groups attached to an aromatic ring is 1. The van der Waals surface area contributed by atoms with Gasteiger partial charge in [-0.25, -0.2) is 0 Å². The molecule has 1 fully saturated rings. The quantitative estimate of drug-likeness (QED) is 0.361. The summed E-state index contributed by atoms with van der Waals surface area (Å²) in [7, 11) is 0. The van der Waals surface area contributed by atoms with Crippen LogP contribution in [0.2, 0.25) is 0 Å². The second-order valence-electron chi connectivity index (χ2n) is 7.01. The summed E-state index contributed by atoms with van der Waals surface area (Å²) in [6, 6.07) is 14.2. The smallest absolute Gasteiger partial charge is 0.253 e. The molecule has 1 aliphatic rings. The van der Waals surface area contributed by atoms with Gasteiger partial charge in [-0.1, -0.05) is 24.3 Å². The summed E-state index contributed by atoms with van der Waals surface area (Å²) in [5, 5.41) is 10.2. The van der Waals surface area contributed by atoms with Crippen molar-refractivity contribution < 1.29 is 14.3 Å². The lowest BCUT2D eigenvalue weighted by atomic mass is 10.1. The van der Waals surface area contributed by atoms with Crippen LogP contribution in [0.1, 0.15) is 34.3 Å². The zero-order valence-electron chi connectivity index (χ0n) is 16.3. The molecule has 0 atom stereocenters. The Hall–Kier alpha value is -3.35. The summed E-state index contributed by atoms with van der Waals surface area (Å²) in [6.45, 7) is 2.33. The van der Waals surface area contributed by atoms with Crippen molar-refractivity contribution in [2.75, 3.05) is 26.2 Å². The number of amides is 2. The third-order valence-electron chi connectivity index (χ3n) is 4.80. The topological polar surface area (TPSA) is 109 Å². The molecule has 2 amide bonds. The molecule has 0 spiro atoms. The van der Waals surface area contributed by atoms with E-state index < -0.39 is 0 Å². The predicted octanol–water partition coefficient (Wildman–Crippen LogP) is 1.94. The van der Waals surface area contributed by atoms with Crippen molar-refractivity contribution in [3.05, 3.63) is 65.2 Å². The van der Waals surface area contributed by atoms with Crippen LogP contribution in [-0.2, 0) is 11.2 Å². The lowest BCUT2D eigenvalue weighted by Crippen LogP contribution is -2.29. The number of nitrogens with one attached hydrogen (secondary N) is 2. The van der Waals surface area contributed by atoms with Crippen LogP contribution in [-0.4, -0.2) is 48.8 Å². The maximum Gasteiger partial charge on any atom is 0.253 e. The molecule has 1 aliphatic heterocycles. The second-order valence-corrected chi connectivity index (χ2v) is 7.01. The number of hydrogen-bond acceptors (Lipinski definition) is 4. The first-order chi connectivity index (χ1) is 14.0. The third-order valence-corrected chi connectivity index (χ3v) is 4.80. The lowest BCUT2D eigenvalue weighted by molar-refractivity contribution is -0.120. The first kappa shape index (κ1) is 20.4. The monoisotopic (exact) mass is 394 g/mol. The Morgan fingerprint density at radius 2 is 1.79 bits per heavy atom. The average Bonchev–Trinajstić information content (AvgIpc) is 3.26. The molecule has 1 heterocycles. The second kappa shape index (κ2) is 9.73. The predicted molar refractivity (Wildman–Crippen MR) is 111 cm³/mol. The van der Waals surface area contributed by atoms with Gasteiger partial charge in [0.15, 0.2) is 0 Å². The van der Waals surface area contributed by atoms with E-state index in [1.54, 1.807) is 36.4 Å². The number of carbonyl (C=O) groups is 2. The van der Waals surface area contributed by atoms with Crippen molar-refractivity contribution in [2.24, 2.45) is 5.73 Å². The number of nitrogens with two attached hydrogens (primary N) is 1.